The molecule has 0 saturated heterocycles. The van der Waals surface area contributed by atoms with E-state index in [4.69, 9.17) is 4.74 Å². The minimum Gasteiger partial charge on any atom is -0.455 e. The second-order valence-electron chi connectivity index (χ2n) is 5.64. The number of hydrogen-bond acceptors (Lipinski definition) is 3. The van der Waals surface area contributed by atoms with Crippen molar-refractivity contribution in [1.29, 1.82) is 0 Å². The van der Waals surface area contributed by atoms with Crippen molar-refractivity contribution >= 4 is 11.9 Å². The fraction of sp³-hybridized carbons (Fsp3) is 0.444. The lowest BCUT2D eigenvalue weighted by atomic mass is 9.97. The second kappa shape index (κ2) is 9.08. The third-order valence-electron chi connectivity index (χ3n) is 3.81. The van der Waals surface area contributed by atoms with Gasteiger partial charge < -0.3 is 10.1 Å². The van der Waals surface area contributed by atoms with E-state index < -0.39 is 11.8 Å². The molecule has 0 radical (unpaired) electrons. The van der Waals surface area contributed by atoms with Gasteiger partial charge in [-0.05, 0) is 43.7 Å². The summed E-state index contributed by atoms with van der Waals surface area (Å²) in [5, 5.41) is 2.73. The van der Waals surface area contributed by atoms with Gasteiger partial charge in [0.1, 0.15) is 5.82 Å². The minimum absolute atomic E-state index is 0.174. The highest BCUT2D eigenvalue weighted by Gasteiger charge is 2.11. The van der Waals surface area contributed by atoms with Crippen molar-refractivity contribution in [2.45, 2.75) is 38.5 Å². The Morgan fingerprint density at radius 2 is 2.04 bits per heavy atom. The summed E-state index contributed by atoms with van der Waals surface area (Å²) in [7, 11) is 0. The quantitative estimate of drug-likeness (QED) is 0.621. The van der Waals surface area contributed by atoms with Crippen LogP contribution in [0.3, 0.4) is 0 Å². The summed E-state index contributed by atoms with van der Waals surface area (Å²) in [6.07, 6.45) is 7.59. The van der Waals surface area contributed by atoms with Gasteiger partial charge in [0, 0.05) is 6.54 Å². The molecule has 0 spiro atoms. The first-order valence-electron chi connectivity index (χ1n) is 7.99. The van der Waals surface area contributed by atoms with Crippen LogP contribution in [0.2, 0.25) is 0 Å². The molecule has 1 aromatic carbocycles. The Morgan fingerprint density at radius 1 is 1.22 bits per heavy atom. The molecule has 0 bridgehead atoms. The molecule has 0 saturated carbocycles. The first kappa shape index (κ1) is 17.2. The second-order valence-corrected chi connectivity index (χ2v) is 5.64. The van der Waals surface area contributed by atoms with Crippen molar-refractivity contribution in [3.05, 3.63) is 47.3 Å². The zero-order valence-electron chi connectivity index (χ0n) is 13.1. The van der Waals surface area contributed by atoms with E-state index in [0.29, 0.717) is 6.54 Å². The summed E-state index contributed by atoms with van der Waals surface area (Å²) in [4.78, 5) is 23.2. The lowest BCUT2D eigenvalue weighted by Gasteiger charge is -2.13. The Balaban J connectivity index is 1.63. The van der Waals surface area contributed by atoms with E-state index in [2.05, 4.69) is 11.4 Å². The molecule has 0 heterocycles. The van der Waals surface area contributed by atoms with Crippen LogP contribution >= 0.6 is 0 Å². The number of rotatable bonds is 7. The van der Waals surface area contributed by atoms with Crippen LogP contribution in [-0.4, -0.2) is 25.0 Å². The number of hydrogen-bond donors (Lipinski definition) is 1. The van der Waals surface area contributed by atoms with Crippen molar-refractivity contribution in [3.63, 3.8) is 0 Å². The number of ether oxygens (including phenoxy) is 1. The van der Waals surface area contributed by atoms with Crippen molar-refractivity contribution in [3.8, 4) is 0 Å². The summed E-state index contributed by atoms with van der Waals surface area (Å²) in [5.41, 5.74) is 1.65. The molecular weight excluding hydrogens is 297 g/mol. The molecule has 1 N–H and O–H groups in total. The Bertz CT molecular complexity index is 583. The van der Waals surface area contributed by atoms with E-state index in [-0.39, 0.29) is 24.5 Å². The maximum atomic E-state index is 13.4. The number of amides is 1. The van der Waals surface area contributed by atoms with Crippen LogP contribution in [0.15, 0.2) is 35.9 Å². The fourth-order valence-corrected chi connectivity index (χ4v) is 2.54. The average molecular weight is 319 g/mol. The molecule has 124 valence electrons. The monoisotopic (exact) mass is 319 g/mol. The first-order valence-corrected chi connectivity index (χ1v) is 7.99. The molecule has 1 aromatic rings. The van der Waals surface area contributed by atoms with Crippen molar-refractivity contribution in [1.82, 2.24) is 5.32 Å². The van der Waals surface area contributed by atoms with Gasteiger partial charge in [0.05, 0.1) is 6.42 Å². The number of halogens is 1. The molecule has 0 aliphatic heterocycles. The fourth-order valence-electron chi connectivity index (χ4n) is 2.54. The van der Waals surface area contributed by atoms with Crippen LogP contribution < -0.4 is 5.32 Å². The molecule has 23 heavy (non-hydrogen) atoms. The highest BCUT2D eigenvalue weighted by molar-refractivity contribution is 5.81. The molecule has 2 rings (SSSR count). The van der Waals surface area contributed by atoms with Crippen LogP contribution in [0.25, 0.3) is 0 Å². The summed E-state index contributed by atoms with van der Waals surface area (Å²) >= 11 is 0. The van der Waals surface area contributed by atoms with Crippen LogP contribution in [-0.2, 0) is 20.7 Å². The predicted molar refractivity (Wildman–Crippen MR) is 85.2 cm³/mol. The molecule has 1 aliphatic rings. The molecular formula is C18H22FNO3. The summed E-state index contributed by atoms with van der Waals surface area (Å²) in [5.74, 6) is -1.39. The Morgan fingerprint density at radius 3 is 2.78 bits per heavy atom. The van der Waals surface area contributed by atoms with Crippen molar-refractivity contribution < 1.29 is 18.7 Å². The van der Waals surface area contributed by atoms with Gasteiger partial charge in [-0.15, -0.1) is 0 Å². The Labute approximate surface area is 135 Å². The number of carbonyl (C=O) groups is 2. The first-order chi connectivity index (χ1) is 11.1. The molecule has 0 atom stereocenters. The topological polar surface area (TPSA) is 55.4 Å². The molecule has 0 unspecified atom stereocenters. The van der Waals surface area contributed by atoms with Crippen LogP contribution in [0.4, 0.5) is 4.39 Å². The average Bonchev–Trinajstić information content (AvgIpc) is 2.56. The SMILES string of the molecule is O=C(COC(=O)Cc1ccccc1F)NCCC1=CCCCC1. The van der Waals surface area contributed by atoms with E-state index in [1.807, 2.05) is 0 Å². The Kier molecular flexibility index (Phi) is 6.78. The number of nitrogens with one attached hydrogen (secondary N) is 1. The number of carbonyl (C=O) groups excluding carboxylic acids is 2. The maximum absolute atomic E-state index is 13.4. The zero-order chi connectivity index (χ0) is 16.5. The smallest absolute Gasteiger partial charge is 0.310 e. The maximum Gasteiger partial charge on any atom is 0.310 e. The lowest BCUT2D eigenvalue weighted by Crippen LogP contribution is -2.30. The minimum atomic E-state index is -0.611. The largest absolute Gasteiger partial charge is 0.455 e. The summed E-state index contributed by atoms with van der Waals surface area (Å²) in [6.45, 7) is 0.224. The van der Waals surface area contributed by atoms with Gasteiger partial charge in [-0.2, -0.15) is 0 Å². The van der Waals surface area contributed by atoms with E-state index in [1.165, 1.54) is 30.5 Å². The Hall–Kier alpha value is -2.17. The van der Waals surface area contributed by atoms with Gasteiger partial charge in [0.2, 0.25) is 0 Å². The zero-order valence-corrected chi connectivity index (χ0v) is 13.1. The molecule has 5 heteroatoms. The number of allylic oxidation sites excluding steroid dienone is 1. The van der Waals surface area contributed by atoms with Gasteiger partial charge in [-0.3, -0.25) is 9.59 Å². The van der Waals surface area contributed by atoms with Crippen LogP contribution in [0, 0.1) is 5.82 Å². The lowest BCUT2D eigenvalue weighted by molar-refractivity contribution is -0.147. The number of esters is 1. The van der Waals surface area contributed by atoms with Crippen LogP contribution in [0.1, 0.15) is 37.7 Å². The third-order valence-corrected chi connectivity index (χ3v) is 3.81. The van der Waals surface area contributed by atoms with Crippen molar-refractivity contribution in [2.75, 3.05) is 13.2 Å². The molecule has 0 fully saturated rings. The molecule has 1 amide bonds. The van der Waals surface area contributed by atoms with E-state index >= 15 is 0 Å². The van der Waals surface area contributed by atoms with Crippen LogP contribution in [0.5, 0.6) is 0 Å². The van der Waals surface area contributed by atoms with E-state index in [0.717, 1.165) is 19.3 Å². The van der Waals surface area contributed by atoms with Gasteiger partial charge in [0.25, 0.3) is 5.91 Å². The summed E-state index contributed by atoms with van der Waals surface area (Å²) < 4.78 is 18.3. The number of benzene rings is 1. The standard InChI is InChI=1S/C18H22FNO3/c19-16-9-5-4-8-15(16)12-18(22)23-13-17(21)20-11-10-14-6-2-1-3-7-14/h4-6,8-9H,1-3,7,10-13H2,(H,20,21). The highest BCUT2D eigenvalue weighted by Crippen LogP contribution is 2.19. The predicted octanol–water partition coefficient (Wildman–Crippen LogP) is 2.92. The summed E-state index contributed by atoms with van der Waals surface area (Å²) in [6, 6.07) is 6.02. The van der Waals surface area contributed by atoms with Gasteiger partial charge in [-0.25, -0.2) is 4.39 Å². The molecule has 4 nitrogen and oxygen atoms in total. The normalized spacial score (nSPS) is 14.0. The van der Waals surface area contributed by atoms with E-state index in [9.17, 15) is 14.0 Å². The third kappa shape index (κ3) is 6.22. The van der Waals surface area contributed by atoms with Gasteiger partial charge in [-0.1, -0.05) is 29.8 Å². The van der Waals surface area contributed by atoms with Crippen molar-refractivity contribution in [2.24, 2.45) is 0 Å². The van der Waals surface area contributed by atoms with Gasteiger partial charge >= 0.3 is 5.97 Å². The molecule has 1 aliphatic carbocycles. The highest BCUT2D eigenvalue weighted by atomic mass is 19.1. The van der Waals surface area contributed by atoms with Gasteiger partial charge in [0.15, 0.2) is 6.61 Å². The molecule has 0 aromatic heterocycles. The van der Waals surface area contributed by atoms with E-state index in [1.54, 1.807) is 12.1 Å².